The summed E-state index contributed by atoms with van der Waals surface area (Å²) >= 11 is 0. The van der Waals surface area contributed by atoms with Gasteiger partial charge in [-0.2, -0.15) is 0 Å². The molecule has 0 spiro atoms. The molecule has 0 saturated carbocycles. The first kappa shape index (κ1) is 12.1. The molecule has 0 radical (unpaired) electrons. The molecule has 0 bridgehead atoms. The predicted molar refractivity (Wildman–Crippen MR) is 73.1 cm³/mol. The van der Waals surface area contributed by atoms with Gasteiger partial charge >= 0.3 is 0 Å². The minimum Gasteiger partial charge on any atom is -0.388 e. The summed E-state index contributed by atoms with van der Waals surface area (Å²) in [7, 11) is 0. The van der Waals surface area contributed by atoms with Crippen LogP contribution in [0.15, 0.2) is 36.4 Å². The summed E-state index contributed by atoms with van der Waals surface area (Å²) in [5.41, 5.74) is 2.14. The van der Waals surface area contributed by atoms with E-state index in [-0.39, 0.29) is 5.41 Å². The molecule has 2 aromatic carbocycles. The van der Waals surface area contributed by atoms with Gasteiger partial charge in [0.15, 0.2) is 0 Å². The van der Waals surface area contributed by atoms with E-state index in [4.69, 9.17) is 0 Å². The topological polar surface area (TPSA) is 20.2 Å². The summed E-state index contributed by atoms with van der Waals surface area (Å²) < 4.78 is 0. The molecule has 0 aliphatic heterocycles. The number of fused-ring (bicyclic) bond motifs is 1. The van der Waals surface area contributed by atoms with Crippen LogP contribution < -0.4 is 0 Å². The molecule has 1 nitrogen and oxygen atoms in total. The zero-order valence-electron chi connectivity index (χ0n) is 11.0. The Bertz CT molecular complexity index is 535. The Morgan fingerprint density at radius 2 is 1.53 bits per heavy atom. The molecule has 0 aliphatic rings. The number of aliphatic hydroxyl groups is 1. The number of benzene rings is 2. The monoisotopic (exact) mass is 228 g/mol. The van der Waals surface area contributed by atoms with Gasteiger partial charge < -0.3 is 5.11 Å². The fourth-order valence-corrected chi connectivity index (χ4v) is 2.18. The van der Waals surface area contributed by atoms with Gasteiger partial charge in [-0.25, -0.2) is 0 Å². The number of aryl methyl sites for hydroxylation is 1. The fraction of sp³-hybridized carbons (Fsp3) is 0.375. The average molecular weight is 228 g/mol. The van der Waals surface area contributed by atoms with E-state index in [9.17, 15) is 5.11 Å². The minimum absolute atomic E-state index is 0.141. The van der Waals surface area contributed by atoms with E-state index >= 15 is 0 Å². The number of hydrogen-bond acceptors (Lipinski definition) is 1. The first-order valence-corrected chi connectivity index (χ1v) is 6.07. The molecule has 0 fully saturated rings. The highest BCUT2D eigenvalue weighted by atomic mass is 16.3. The predicted octanol–water partition coefficient (Wildman–Crippen LogP) is 4.23. The maximum absolute atomic E-state index is 10.4. The zero-order chi connectivity index (χ0) is 12.6. The van der Waals surface area contributed by atoms with Crippen LogP contribution in [0.5, 0.6) is 0 Å². The third-order valence-electron chi connectivity index (χ3n) is 3.29. The molecule has 0 aromatic heterocycles. The summed E-state index contributed by atoms with van der Waals surface area (Å²) in [6.45, 7) is 8.29. The molecular formula is C16H20O. The fourth-order valence-electron chi connectivity index (χ4n) is 2.18. The molecule has 0 aliphatic carbocycles. The Labute approximate surface area is 103 Å². The van der Waals surface area contributed by atoms with Crippen LogP contribution in [0.3, 0.4) is 0 Å². The molecule has 0 unspecified atom stereocenters. The number of aliphatic hydroxyl groups excluding tert-OH is 1. The zero-order valence-corrected chi connectivity index (χ0v) is 11.0. The van der Waals surface area contributed by atoms with Crippen LogP contribution in [0.25, 0.3) is 10.8 Å². The molecule has 17 heavy (non-hydrogen) atoms. The second kappa shape index (κ2) is 4.15. The summed E-state index contributed by atoms with van der Waals surface area (Å²) in [6, 6.07) is 12.4. The maximum Gasteiger partial charge on any atom is 0.0844 e. The van der Waals surface area contributed by atoms with E-state index in [1.807, 2.05) is 18.2 Å². The van der Waals surface area contributed by atoms with Crippen LogP contribution in [0, 0.1) is 12.3 Å². The Balaban J connectivity index is 2.67. The highest BCUT2D eigenvalue weighted by Gasteiger charge is 2.25. The Hall–Kier alpha value is -1.34. The van der Waals surface area contributed by atoms with E-state index in [1.165, 1.54) is 10.9 Å². The number of rotatable bonds is 1. The van der Waals surface area contributed by atoms with Gasteiger partial charge in [0.25, 0.3) is 0 Å². The van der Waals surface area contributed by atoms with Crippen molar-refractivity contribution in [1.29, 1.82) is 0 Å². The Morgan fingerprint density at radius 1 is 0.941 bits per heavy atom. The first-order chi connectivity index (χ1) is 7.91. The van der Waals surface area contributed by atoms with Crippen molar-refractivity contribution in [1.82, 2.24) is 0 Å². The van der Waals surface area contributed by atoms with Crippen molar-refractivity contribution >= 4 is 10.8 Å². The second-order valence-corrected chi connectivity index (χ2v) is 5.79. The van der Waals surface area contributed by atoms with Crippen molar-refractivity contribution in [3.05, 3.63) is 47.5 Å². The molecule has 90 valence electrons. The van der Waals surface area contributed by atoms with Crippen molar-refractivity contribution in [3.8, 4) is 0 Å². The van der Waals surface area contributed by atoms with Crippen LogP contribution >= 0.6 is 0 Å². The van der Waals surface area contributed by atoms with E-state index in [2.05, 4.69) is 45.9 Å². The molecule has 1 heteroatoms. The summed E-state index contributed by atoms with van der Waals surface area (Å²) in [5.74, 6) is 0. The quantitative estimate of drug-likeness (QED) is 0.774. The number of hydrogen-bond donors (Lipinski definition) is 1. The summed E-state index contributed by atoms with van der Waals surface area (Å²) in [6.07, 6.45) is -0.437. The normalized spacial score (nSPS) is 13.9. The van der Waals surface area contributed by atoms with Crippen LogP contribution in [-0.4, -0.2) is 5.11 Å². The Morgan fingerprint density at radius 3 is 2.12 bits per heavy atom. The van der Waals surface area contributed by atoms with Gasteiger partial charge in [-0.05, 0) is 34.2 Å². The maximum atomic E-state index is 10.4. The summed E-state index contributed by atoms with van der Waals surface area (Å²) in [5, 5.41) is 12.8. The van der Waals surface area contributed by atoms with E-state index in [0.29, 0.717) is 0 Å². The SMILES string of the molecule is Cc1ccc([C@H](O)C(C)(C)C)c2ccccc12. The molecule has 2 rings (SSSR count). The van der Waals surface area contributed by atoms with Gasteiger partial charge in [0.05, 0.1) is 6.10 Å². The van der Waals surface area contributed by atoms with Gasteiger partial charge in [0.1, 0.15) is 0 Å². The standard InChI is InChI=1S/C16H20O/c1-11-9-10-14(15(17)16(2,3)4)13-8-6-5-7-12(11)13/h5-10,15,17H,1-4H3/t15-/m0/s1. The molecule has 0 saturated heterocycles. The van der Waals surface area contributed by atoms with Gasteiger partial charge in [-0.1, -0.05) is 57.2 Å². The van der Waals surface area contributed by atoms with E-state index in [0.717, 1.165) is 10.9 Å². The third-order valence-corrected chi connectivity index (χ3v) is 3.29. The van der Waals surface area contributed by atoms with Crippen LogP contribution in [-0.2, 0) is 0 Å². The second-order valence-electron chi connectivity index (χ2n) is 5.79. The minimum atomic E-state index is -0.437. The molecule has 1 N–H and O–H groups in total. The largest absolute Gasteiger partial charge is 0.388 e. The van der Waals surface area contributed by atoms with Crippen molar-refractivity contribution in [2.45, 2.75) is 33.8 Å². The van der Waals surface area contributed by atoms with Gasteiger partial charge in [-0.15, -0.1) is 0 Å². The van der Waals surface area contributed by atoms with Crippen LogP contribution in [0.2, 0.25) is 0 Å². The van der Waals surface area contributed by atoms with Crippen molar-refractivity contribution in [2.75, 3.05) is 0 Å². The lowest BCUT2D eigenvalue weighted by atomic mass is 9.82. The third kappa shape index (κ3) is 2.20. The van der Waals surface area contributed by atoms with Crippen molar-refractivity contribution < 1.29 is 5.11 Å². The lowest BCUT2D eigenvalue weighted by Gasteiger charge is -2.27. The highest BCUT2D eigenvalue weighted by Crippen LogP contribution is 2.36. The molecule has 0 heterocycles. The van der Waals surface area contributed by atoms with E-state index < -0.39 is 6.10 Å². The molecule has 1 atom stereocenters. The Kier molecular flexibility index (Phi) is 2.96. The summed E-state index contributed by atoms with van der Waals surface area (Å²) in [4.78, 5) is 0. The molecule has 0 amide bonds. The van der Waals surface area contributed by atoms with Gasteiger partial charge in [0.2, 0.25) is 0 Å². The van der Waals surface area contributed by atoms with Crippen molar-refractivity contribution in [2.24, 2.45) is 5.41 Å². The van der Waals surface area contributed by atoms with Crippen LogP contribution in [0.4, 0.5) is 0 Å². The smallest absolute Gasteiger partial charge is 0.0844 e. The molecule has 2 aromatic rings. The average Bonchev–Trinajstić information content (AvgIpc) is 2.28. The van der Waals surface area contributed by atoms with Crippen LogP contribution in [0.1, 0.15) is 38.0 Å². The molecular weight excluding hydrogens is 208 g/mol. The lowest BCUT2D eigenvalue weighted by molar-refractivity contribution is 0.0639. The lowest BCUT2D eigenvalue weighted by Crippen LogP contribution is -2.18. The van der Waals surface area contributed by atoms with Crippen molar-refractivity contribution in [3.63, 3.8) is 0 Å². The highest BCUT2D eigenvalue weighted by molar-refractivity contribution is 5.88. The first-order valence-electron chi connectivity index (χ1n) is 6.07. The van der Waals surface area contributed by atoms with Gasteiger partial charge in [-0.3, -0.25) is 0 Å². The van der Waals surface area contributed by atoms with E-state index in [1.54, 1.807) is 0 Å². The van der Waals surface area contributed by atoms with Gasteiger partial charge in [0, 0.05) is 0 Å².